The molecule has 2 aromatic carbocycles. The number of halogens is 1. The maximum atomic E-state index is 12.3. The SMILES string of the molecule is COc1cccc(NC(=O)c2cc(Br)ccc2OC)c1. The average Bonchev–Trinajstić information content (AvgIpc) is 2.47. The molecule has 0 aromatic heterocycles. The molecule has 0 heterocycles. The van der Waals surface area contributed by atoms with Gasteiger partial charge in [0.15, 0.2) is 0 Å². The van der Waals surface area contributed by atoms with Gasteiger partial charge in [0.05, 0.1) is 19.8 Å². The molecule has 0 spiro atoms. The normalized spacial score (nSPS) is 9.95. The van der Waals surface area contributed by atoms with E-state index in [1.807, 2.05) is 18.2 Å². The van der Waals surface area contributed by atoms with Crippen LogP contribution in [0, 0.1) is 0 Å². The van der Waals surface area contributed by atoms with Crippen molar-refractivity contribution in [3.8, 4) is 11.5 Å². The van der Waals surface area contributed by atoms with E-state index in [0.717, 1.165) is 4.47 Å². The van der Waals surface area contributed by atoms with Crippen LogP contribution in [0.5, 0.6) is 11.5 Å². The van der Waals surface area contributed by atoms with Gasteiger partial charge in [-0.15, -0.1) is 0 Å². The second kappa shape index (κ2) is 6.43. The highest BCUT2D eigenvalue weighted by Gasteiger charge is 2.13. The Morgan fingerprint density at radius 1 is 1.10 bits per heavy atom. The first-order chi connectivity index (χ1) is 9.63. The lowest BCUT2D eigenvalue weighted by Crippen LogP contribution is -2.13. The van der Waals surface area contributed by atoms with E-state index in [4.69, 9.17) is 9.47 Å². The fourth-order valence-electron chi connectivity index (χ4n) is 1.76. The summed E-state index contributed by atoms with van der Waals surface area (Å²) in [6, 6.07) is 12.5. The smallest absolute Gasteiger partial charge is 0.259 e. The number of methoxy groups -OCH3 is 2. The van der Waals surface area contributed by atoms with Crippen molar-refractivity contribution in [2.75, 3.05) is 19.5 Å². The third-order valence-electron chi connectivity index (χ3n) is 2.73. The summed E-state index contributed by atoms with van der Waals surface area (Å²) >= 11 is 3.35. The second-order valence-corrected chi connectivity index (χ2v) is 4.95. The quantitative estimate of drug-likeness (QED) is 0.926. The lowest BCUT2D eigenvalue weighted by atomic mass is 10.2. The van der Waals surface area contributed by atoms with Crippen LogP contribution in [0.4, 0.5) is 5.69 Å². The Balaban J connectivity index is 2.25. The summed E-state index contributed by atoms with van der Waals surface area (Å²) in [7, 11) is 3.11. The molecule has 2 aromatic rings. The maximum absolute atomic E-state index is 12.3. The number of rotatable bonds is 4. The van der Waals surface area contributed by atoms with E-state index in [2.05, 4.69) is 21.2 Å². The maximum Gasteiger partial charge on any atom is 0.259 e. The third-order valence-corrected chi connectivity index (χ3v) is 3.23. The standard InChI is InChI=1S/C15H14BrNO3/c1-19-12-5-3-4-11(9-12)17-15(18)13-8-10(16)6-7-14(13)20-2/h3-9H,1-2H3,(H,17,18). The van der Waals surface area contributed by atoms with Crippen LogP contribution in [-0.4, -0.2) is 20.1 Å². The summed E-state index contributed by atoms with van der Waals surface area (Å²) in [5.41, 5.74) is 1.13. The van der Waals surface area contributed by atoms with Crippen molar-refractivity contribution in [3.05, 3.63) is 52.5 Å². The van der Waals surface area contributed by atoms with Crippen LogP contribution in [0.3, 0.4) is 0 Å². The lowest BCUT2D eigenvalue weighted by molar-refractivity contribution is 0.102. The Labute approximate surface area is 125 Å². The molecule has 0 atom stereocenters. The first-order valence-electron chi connectivity index (χ1n) is 5.93. The first kappa shape index (κ1) is 14.4. The Morgan fingerprint density at radius 2 is 1.90 bits per heavy atom. The number of ether oxygens (including phenoxy) is 2. The van der Waals surface area contributed by atoms with E-state index >= 15 is 0 Å². The molecule has 5 heteroatoms. The van der Waals surface area contributed by atoms with Gasteiger partial charge in [0.25, 0.3) is 5.91 Å². The second-order valence-electron chi connectivity index (χ2n) is 4.03. The van der Waals surface area contributed by atoms with Gasteiger partial charge in [0.1, 0.15) is 11.5 Å². The molecular weight excluding hydrogens is 322 g/mol. The molecule has 104 valence electrons. The van der Waals surface area contributed by atoms with Crippen LogP contribution in [0.1, 0.15) is 10.4 Å². The number of anilines is 1. The molecular formula is C15H14BrNO3. The molecule has 0 unspecified atom stereocenters. The van der Waals surface area contributed by atoms with Crippen molar-refractivity contribution in [1.29, 1.82) is 0 Å². The largest absolute Gasteiger partial charge is 0.497 e. The molecule has 1 amide bonds. The minimum atomic E-state index is -0.239. The summed E-state index contributed by atoms with van der Waals surface area (Å²) in [5, 5.41) is 2.82. The van der Waals surface area contributed by atoms with Crippen molar-refractivity contribution >= 4 is 27.5 Å². The fraction of sp³-hybridized carbons (Fsp3) is 0.133. The van der Waals surface area contributed by atoms with Crippen LogP contribution in [-0.2, 0) is 0 Å². The number of benzene rings is 2. The van der Waals surface area contributed by atoms with Crippen molar-refractivity contribution in [2.45, 2.75) is 0 Å². The van der Waals surface area contributed by atoms with Gasteiger partial charge in [-0.05, 0) is 30.3 Å². The van der Waals surface area contributed by atoms with Gasteiger partial charge in [0.2, 0.25) is 0 Å². The van der Waals surface area contributed by atoms with Gasteiger partial charge in [-0.2, -0.15) is 0 Å². The zero-order chi connectivity index (χ0) is 14.5. The van der Waals surface area contributed by atoms with Gasteiger partial charge in [-0.1, -0.05) is 22.0 Å². The van der Waals surface area contributed by atoms with Crippen LogP contribution in [0.25, 0.3) is 0 Å². The number of carbonyl (C=O) groups excluding carboxylic acids is 1. The molecule has 0 aliphatic rings. The Bertz CT molecular complexity index is 628. The van der Waals surface area contributed by atoms with Gasteiger partial charge < -0.3 is 14.8 Å². The first-order valence-corrected chi connectivity index (χ1v) is 6.72. The average molecular weight is 336 g/mol. The van der Waals surface area contributed by atoms with Crippen molar-refractivity contribution in [3.63, 3.8) is 0 Å². The van der Waals surface area contributed by atoms with E-state index in [9.17, 15) is 4.79 Å². The highest BCUT2D eigenvalue weighted by atomic mass is 79.9. The minimum absolute atomic E-state index is 0.239. The number of amides is 1. The highest BCUT2D eigenvalue weighted by molar-refractivity contribution is 9.10. The Morgan fingerprint density at radius 3 is 2.60 bits per heavy atom. The van der Waals surface area contributed by atoms with Crippen LogP contribution in [0.2, 0.25) is 0 Å². The molecule has 0 aliphatic heterocycles. The summed E-state index contributed by atoms with van der Waals surface area (Å²) in [5.74, 6) is 0.967. The lowest BCUT2D eigenvalue weighted by Gasteiger charge is -2.10. The predicted molar refractivity (Wildman–Crippen MR) is 81.6 cm³/mol. The molecule has 4 nitrogen and oxygen atoms in total. The van der Waals surface area contributed by atoms with E-state index < -0.39 is 0 Å². The van der Waals surface area contributed by atoms with Gasteiger partial charge in [0, 0.05) is 16.2 Å². The van der Waals surface area contributed by atoms with Crippen LogP contribution in [0.15, 0.2) is 46.9 Å². The molecule has 0 bridgehead atoms. The van der Waals surface area contributed by atoms with Crippen molar-refractivity contribution in [2.24, 2.45) is 0 Å². The minimum Gasteiger partial charge on any atom is -0.497 e. The molecule has 0 saturated carbocycles. The van der Waals surface area contributed by atoms with E-state index in [-0.39, 0.29) is 5.91 Å². The fourth-order valence-corrected chi connectivity index (χ4v) is 2.12. The number of hydrogen-bond donors (Lipinski definition) is 1. The third kappa shape index (κ3) is 3.30. The zero-order valence-electron chi connectivity index (χ0n) is 11.1. The molecule has 2 rings (SSSR count). The monoisotopic (exact) mass is 335 g/mol. The summed E-state index contributed by atoms with van der Waals surface area (Å²) < 4.78 is 11.1. The topological polar surface area (TPSA) is 47.6 Å². The Hall–Kier alpha value is -2.01. The van der Waals surface area contributed by atoms with Gasteiger partial charge in [-0.3, -0.25) is 4.79 Å². The number of nitrogens with one attached hydrogen (secondary N) is 1. The van der Waals surface area contributed by atoms with E-state index in [0.29, 0.717) is 22.7 Å². The van der Waals surface area contributed by atoms with E-state index in [1.165, 1.54) is 7.11 Å². The molecule has 20 heavy (non-hydrogen) atoms. The van der Waals surface area contributed by atoms with Gasteiger partial charge in [-0.25, -0.2) is 0 Å². The summed E-state index contributed by atoms with van der Waals surface area (Å²) in [6.07, 6.45) is 0. The molecule has 0 radical (unpaired) electrons. The number of hydrogen-bond acceptors (Lipinski definition) is 3. The van der Waals surface area contributed by atoms with Gasteiger partial charge >= 0.3 is 0 Å². The molecule has 0 fully saturated rings. The molecule has 0 saturated heterocycles. The summed E-state index contributed by atoms with van der Waals surface area (Å²) in [6.45, 7) is 0. The van der Waals surface area contributed by atoms with Crippen LogP contribution < -0.4 is 14.8 Å². The highest BCUT2D eigenvalue weighted by Crippen LogP contribution is 2.24. The predicted octanol–water partition coefficient (Wildman–Crippen LogP) is 3.72. The number of carbonyl (C=O) groups is 1. The van der Waals surface area contributed by atoms with Crippen LogP contribution >= 0.6 is 15.9 Å². The molecule has 1 N–H and O–H groups in total. The zero-order valence-corrected chi connectivity index (χ0v) is 12.7. The summed E-state index contributed by atoms with van der Waals surface area (Å²) in [4.78, 5) is 12.3. The van der Waals surface area contributed by atoms with Crippen molar-refractivity contribution < 1.29 is 14.3 Å². The molecule has 0 aliphatic carbocycles. The van der Waals surface area contributed by atoms with E-state index in [1.54, 1.807) is 31.4 Å². The Kier molecular flexibility index (Phi) is 4.63. The van der Waals surface area contributed by atoms with Crippen molar-refractivity contribution in [1.82, 2.24) is 0 Å².